The van der Waals surface area contributed by atoms with Crippen LogP contribution >= 0.6 is 0 Å². The average molecular weight is 368 g/mol. The van der Waals surface area contributed by atoms with Gasteiger partial charge in [0.2, 0.25) is 0 Å². The number of nitrogens with one attached hydrogen (secondary N) is 1. The Morgan fingerprint density at radius 2 is 0.833 bits per heavy atom. The summed E-state index contributed by atoms with van der Waals surface area (Å²) in [5.41, 5.74) is -13.1. The monoisotopic (exact) mass is 368 g/mol. The predicted molar refractivity (Wildman–Crippen MR) is 46.6 cm³/mol. The summed E-state index contributed by atoms with van der Waals surface area (Å²) in [4.78, 5) is 0. The molecule has 0 saturated heterocycles. The minimum Gasteiger partial charge on any atom is -0.227 e. The van der Waals surface area contributed by atoms with Crippen molar-refractivity contribution >= 4 is 76.9 Å². The van der Waals surface area contributed by atoms with E-state index in [1.807, 2.05) is 0 Å². The maximum absolute atomic E-state index is 11.7. The number of halogens is 6. The van der Waals surface area contributed by atoms with E-state index in [0.717, 1.165) is 0 Å². The zero-order chi connectivity index (χ0) is 14.5. The molecule has 0 fully saturated rings. The Bertz CT molecular complexity index is 559. The van der Waals surface area contributed by atoms with Crippen LogP contribution in [-0.4, -0.2) is 83.4 Å². The molecule has 0 unspecified atom stereocenters. The normalized spacial score (nSPS) is 15.0. The zero-order valence-corrected chi connectivity index (χ0v) is 13.6. The summed E-state index contributed by atoms with van der Waals surface area (Å²) in [5, 5.41) is 0. The fourth-order valence-corrected chi connectivity index (χ4v) is 6.81. The molecule has 16 heteroatoms. The molecular weight excluding hydrogens is 367 g/mol. The third-order valence-electron chi connectivity index (χ3n) is 1.14. The van der Waals surface area contributed by atoms with Crippen molar-refractivity contribution < 1.29 is 47.4 Å². The molecule has 1 N–H and O–H groups in total. The van der Waals surface area contributed by atoms with Crippen molar-refractivity contribution in [2.75, 3.05) is 0 Å². The van der Waals surface area contributed by atoms with E-state index in [9.17, 15) is 47.4 Å². The molecule has 0 aliphatic rings. The molecule has 1 radical (unpaired) electrons. The van der Waals surface area contributed by atoms with Gasteiger partial charge in [0.25, 0.3) is 7.79 Å². The van der Waals surface area contributed by atoms with Crippen LogP contribution in [0.3, 0.4) is 0 Å². The van der Waals surface area contributed by atoms with Crippen LogP contribution in [0.5, 0.6) is 0 Å². The Balaban J connectivity index is 0. The van der Waals surface area contributed by atoms with E-state index in [2.05, 4.69) is 0 Å². The third kappa shape index (κ3) is 3.21. The molecule has 0 aliphatic heterocycles. The Hall–Kier alpha value is 1.07. The van der Waals surface area contributed by atoms with Crippen molar-refractivity contribution in [1.82, 2.24) is 0 Å². The standard InChI is InChI=1S/C2HF6NO5S3.K/c3-1(4,5)15(10,11)17(9,14)16(12,13)2(6,7)8;/h9H;. The van der Waals surface area contributed by atoms with Crippen molar-refractivity contribution in [2.24, 2.45) is 0 Å². The molecule has 0 aliphatic carbocycles. The van der Waals surface area contributed by atoms with Crippen molar-refractivity contribution in [2.45, 2.75) is 11.0 Å². The van der Waals surface area contributed by atoms with Crippen molar-refractivity contribution in [3.05, 3.63) is 0 Å². The summed E-state index contributed by atoms with van der Waals surface area (Å²) >= 11 is 0. The van der Waals surface area contributed by atoms with Crippen LogP contribution in [0.2, 0.25) is 0 Å². The molecule has 0 saturated carbocycles. The Kier molecular flexibility index (Phi) is 6.47. The molecule has 0 amide bonds. The van der Waals surface area contributed by atoms with Gasteiger partial charge in [0.1, 0.15) is 0 Å². The molecule has 18 heavy (non-hydrogen) atoms. The second kappa shape index (κ2) is 5.45. The number of alkyl halides is 6. The minimum absolute atomic E-state index is 0. The molecule has 0 bridgehead atoms. The van der Waals surface area contributed by atoms with Gasteiger partial charge in [-0.1, -0.05) is 0 Å². The fourth-order valence-electron chi connectivity index (χ4n) is 0.367. The molecule has 105 valence electrons. The number of rotatable bonds is 2. The second-order valence-corrected chi connectivity index (χ2v) is 12.0. The molecule has 0 rings (SSSR count). The van der Waals surface area contributed by atoms with Crippen LogP contribution in [-0.2, 0) is 25.5 Å². The van der Waals surface area contributed by atoms with Crippen LogP contribution in [0.25, 0.3) is 0 Å². The van der Waals surface area contributed by atoms with Gasteiger partial charge in [0.15, 0.2) is 0 Å². The topological polar surface area (TPSA) is 109 Å². The first-order valence-electron chi connectivity index (χ1n) is 2.91. The van der Waals surface area contributed by atoms with Crippen LogP contribution in [0, 0.1) is 4.78 Å². The largest absolute Gasteiger partial charge is 0.511 e. The van der Waals surface area contributed by atoms with Gasteiger partial charge in [-0.15, -0.1) is 0 Å². The summed E-state index contributed by atoms with van der Waals surface area (Å²) in [5.74, 6) is 0. The summed E-state index contributed by atoms with van der Waals surface area (Å²) in [6, 6.07) is 0. The van der Waals surface area contributed by atoms with Gasteiger partial charge < -0.3 is 0 Å². The molecule has 0 spiro atoms. The van der Waals surface area contributed by atoms with E-state index in [4.69, 9.17) is 4.78 Å². The predicted octanol–water partition coefficient (Wildman–Crippen LogP) is 0.352. The second-order valence-electron chi connectivity index (χ2n) is 2.25. The van der Waals surface area contributed by atoms with E-state index in [1.165, 1.54) is 0 Å². The molecule has 0 aromatic rings. The van der Waals surface area contributed by atoms with Crippen LogP contribution < -0.4 is 0 Å². The maximum Gasteiger partial charge on any atom is 0.511 e. The molecular formula is C2HF6KNO5S3. The van der Waals surface area contributed by atoms with E-state index in [-0.39, 0.29) is 51.4 Å². The molecule has 0 aromatic carbocycles. The Morgan fingerprint density at radius 1 is 0.667 bits per heavy atom. The van der Waals surface area contributed by atoms with Crippen molar-refractivity contribution in [3.63, 3.8) is 0 Å². The SMILES string of the molecule is N=S(=O)(S(=O)(=O)C(F)(F)F)S(=O)(=O)C(F)(F)F.[K]. The number of hydrogen-bond acceptors (Lipinski definition) is 6. The molecule has 0 aromatic heterocycles. The first-order chi connectivity index (χ1) is 7.00. The summed E-state index contributed by atoms with van der Waals surface area (Å²) in [6.07, 6.45) is 0. The molecule has 6 nitrogen and oxygen atoms in total. The van der Waals surface area contributed by atoms with Crippen molar-refractivity contribution in [1.29, 1.82) is 4.78 Å². The zero-order valence-electron chi connectivity index (χ0n) is 8.03. The number of hydrogen-bond donors (Lipinski definition) is 1. The smallest absolute Gasteiger partial charge is 0.227 e. The minimum atomic E-state index is -7.33. The molecule has 0 heterocycles. The van der Waals surface area contributed by atoms with Gasteiger partial charge in [-0.05, 0) is 0 Å². The summed E-state index contributed by atoms with van der Waals surface area (Å²) in [7, 11) is -21.7. The summed E-state index contributed by atoms with van der Waals surface area (Å²) in [6.45, 7) is 0. The Labute approximate surface area is 138 Å². The van der Waals surface area contributed by atoms with Gasteiger partial charge in [-0.2, -0.15) is 26.3 Å². The van der Waals surface area contributed by atoms with Gasteiger partial charge >= 0.3 is 28.8 Å². The summed E-state index contributed by atoms with van der Waals surface area (Å²) < 4.78 is 128. The fraction of sp³-hybridized carbons (Fsp3) is 1.00. The first-order valence-corrected chi connectivity index (χ1v) is 8.47. The maximum atomic E-state index is 11.7. The van der Waals surface area contributed by atoms with E-state index in [0.29, 0.717) is 0 Å². The van der Waals surface area contributed by atoms with Gasteiger partial charge in [-0.25, -0.2) is 25.8 Å². The average Bonchev–Trinajstić information content (AvgIpc) is 1.98. The van der Waals surface area contributed by atoms with Gasteiger partial charge in [0, 0.05) is 51.4 Å². The van der Waals surface area contributed by atoms with Gasteiger partial charge in [-0.3, -0.25) is 0 Å². The van der Waals surface area contributed by atoms with Gasteiger partial charge in [0.05, 0.1) is 0 Å². The third-order valence-corrected chi connectivity index (χ3v) is 11.3. The Morgan fingerprint density at radius 3 is 0.944 bits per heavy atom. The van der Waals surface area contributed by atoms with E-state index in [1.54, 1.807) is 0 Å². The van der Waals surface area contributed by atoms with Crippen LogP contribution in [0.15, 0.2) is 0 Å². The quantitative estimate of drug-likeness (QED) is 0.430. The van der Waals surface area contributed by atoms with E-state index >= 15 is 0 Å². The van der Waals surface area contributed by atoms with E-state index < -0.39 is 36.5 Å². The van der Waals surface area contributed by atoms with Crippen molar-refractivity contribution in [3.8, 4) is 0 Å². The first kappa shape index (κ1) is 21.4. The van der Waals surface area contributed by atoms with Crippen LogP contribution in [0.4, 0.5) is 26.3 Å². The van der Waals surface area contributed by atoms with Crippen LogP contribution in [0.1, 0.15) is 0 Å². The molecule has 0 atom stereocenters.